The largest absolute Gasteiger partial charge is 0.494 e. The average Bonchev–Trinajstić information content (AvgIpc) is 2.54. The number of carbonyl (C=O) groups excluding carboxylic acids is 1. The summed E-state index contributed by atoms with van der Waals surface area (Å²) in [4.78, 5) is 11.4. The van der Waals surface area contributed by atoms with Crippen molar-refractivity contribution in [1.29, 1.82) is 0 Å². The molecular weight excluding hydrogens is 347 g/mol. The molecule has 0 aliphatic heterocycles. The molecule has 2 rings (SSSR count). The number of hydrogen-bond donors (Lipinski definition) is 1. The highest BCUT2D eigenvalue weighted by molar-refractivity contribution is 7.92. The molecule has 134 valence electrons. The number of carbonyl (C=O) groups is 1. The van der Waals surface area contributed by atoms with E-state index >= 15 is 0 Å². The molecule has 0 aliphatic carbocycles. The second-order valence-corrected chi connectivity index (χ2v) is 7.27. The molecule has 1 amide bonds. The third-order valence-corrected chi connectivity index (χ3v) is 4.61. The summed E-state index contributed by atoms with van der Waals surface area (Å²) in [5.41, 5.74) is 6.32. The molecule has 0 fully saturated rings. The highest BCUT2D eigenvalue weighted by atomic mass is 32.2. The van der Waals surface area contributed by atoms with E-state index < -0.39 is 21.7 Å². The number of amides is 1. The second kappa shape index (κ2) is 7.52. The van der Waals surface area contributed by atoms with Crippen molar-refractivity contribution in [2.45, 2.75) is 13.5 Å². The van der Waals surface area contributed by atoms with Crippen LogP contribution < -0.4 is 14.8 Å². The molecule has 6 nitrogen and oxygen atoms in total. The monoisotopic (exact) mass is 366 g/mol. The molecule has 0 unspecified atom stereocenters. The molecule has 2 aromatic rings. The Hall–Kier alpha value is -2.61. The SMILES string of the molecule is CCOc1ccc(C(N)=O)cc1CN(c1ccc(F)cc1)S(C)(=O)=O. The standard InChI is InChI=1S/C17H19FN2O4S/c1-3-24-16-9-4-12(17(19)21)10-13(16)11-20(25(2,22)23)15-7-5-14(18)6-8-15/h4-10H,3,11H2,1-2H3,(H2,19,21). The highest BCUT2D eigenvalue weighted by Gasteiger charge is 2.20. The summed E-state index contributed by atoms with van der Waals surface area (Å²) in [6.07, 6.45) is 1.05. The fourth-order valence-corrected chi connectivity index (χ4v) is 3.19. The Bertz CT molecular complexity index is 867. The Kier molecular flexibility index (Phi) is 5.63. The number of anilines is 1. The molecule has 0 radical (unpaired) electrons. The summed E-state index contributed by atoms with van der Waals surface area (Å²) in [6.45, 7) is 2.08. The van der Waals surface area contributed by atoms with Gasteiger partial charge in [-0.25, -0.2) is 12.8 Å². The number of sulfonamides is 1. The Morgan fingerprint density at radius 3 is 2.36 bits per heavy atom. The van der Waals surface area contributed by atoms with E-state index in [1.165, 1.54) is 36.4 Å². The zero-order valence-corrected chi connectivity index (χ0v) is 14.7. The first-order valence-corrected chi connectivity index (χ1v) is 9.36. The van der Waals surface area contributed by atoms with E-state index in [4.69, 9.17) is 10.5 Å². The fourth-order valence-electron chi connectivity index (χ4n) is 2.31. The molecule has 0 spiro atoms. The number of benzene rings is 2. The third kappa shape index (κ3) is 4.69. The molecule has 2 aromatic carbocycles. The highest BCUT2D eigenvalue weighted by Crippen LogP contribution is 2.27. The van der Waals surface area contributed by atoms with E-state index in [1.807, 2.05) is 0 Å². The summed E-state index contributed by atoms with van der Waals surface area (Å²) in [5, 5.41) is 0. The Morgan fingerprint density at radius 1 is 1.20 bits per heavy atom. The smallest absolute Gasteiger partial charge is 0.248 e. The summed E-state index contributed by atoms with van der Waals surface area (Å²) < 4.78 is 44.2. The number of ether oxygens (including phenoxy) is 1. The lowest BCUT2D eigenvalue weighted by Gasteiger charge is -2.24. The van der Waals surface area contributed by atoms with Crippen molar-refractivity contribution in [2.75, 3.05) is 17.2 Å². The van der Waals surface area contributed by atoms with Crippen molar-refractivity contribution in [1.82, 2.24) is 0 Å². The van der Waals surface area contributed by atoms with E-state index in [2.05, 4.69) is 0 Å². The zero-order chi connectivity index (χ0) is 18.6. The van der Waals surface area contributed by atoms with Crippen molar-refractivity contribution in [3.63, 3.8) is 0 Å². The van der Waals surface area contributed by atoms with Crippen LogP contribution in [0.1, 0.15) is 22.8 Å². The first-order chi connectivity index (χ1) is 11.7. The van der Waals surface area contributed by atoms with Gasteiger partial charge in [0.25, 0.3) is 0 Å². The van der Waals surface area contributed by atoms with Gasteiger partial charge in [-0.3, -0.25) is 9.10 Å². The van der Waals surface area contributed by atoms with Crippen LogP contribution in [0.25, 0.3) is 0 Å². The van der Waals surface area contributed by atoms with Crippen molar-refractivity contribution in [3.8, 4) is 5.75 Å². The van der Waals surface area contributed by atoms with Crippen molar-refractivity contribution in [3.05, 3.63) is 59.4 Å². The van der Waals surface area contributed by atoms with E-state index in [9.17, 15) is 17.6 Å². The maximum absolute atomic E-state index is 13.1. The lowest BCUT2D eigenvalue weighted by atomic mass is 10.1. The van der Waals surface area contributed by atoms with Gasteiger partial charge in [-0.15, -0.1) is 0 Å². The van der Waals surface area contributed by atoms with Crippen molar-refractivity contribution < 1.29 is 22.3 Å². The maximum Gasteiger partial charge on any atom is 0.248 e. The number of nitrogens with zero attached hydrogens (tertiary/aromatic N) is 1. The van der Waals surface area contributed by atoms with Crippen molar-refractivity contribution in [2.24, 2.45) is 5.73 Å². The van der Waals surface area contributed by atoms with Gasteiger partial charge in [0.2, 0.25) is 15.9 Å². The van der Waals surface area contributed by atoms with Crippen LogP contribution in [0.15, 0.2) is 42.5 Å². The number of rotatable bonds is 7. The van der Waals surface area contributed by atoms with Crippen LogP contribution in [-0.4, -0.2) is 27.2 Å². The van der Waals surface area contributed by atoms with Crippen molar-refractivity contribution >= 4 is 21.6 Å². The van der Waals surface area contributed by atoms with Gasteiger partial charge >= 0.3 is 0 Å². The Balaban J connectivity index is 2.49. The van der Waals surface area contributed by atoms with Crippen LogP contribution in [0.5, 0.6) is 5.75 Å². The lowest BCUT2D eigenvalue weighted by Crippen LogP contribution is -2.29. The number of nitrogens with two attached hydrogens (primary N) is 1. The fraction of sp³-hybridized carbons (Fsp3) is 0.235. The third-order valence-electron chi connectivity index (χ3n) is 3.47. The van der Waals surface area contributed by atoms with Crippen LogP contribution in [-0.2, 0) is 16.6 Å². The minimum atomic E-state index is -3.65. The van der Waals surface area contributed by atoms with Gasteiger partial charge in [0, 0.05) is 11.1 Å². The Labute approximate surface area is 146 Å². The molecular formula is C17H19FN2O4S. The van der Waals surface area contributed by atoms with Crippen LogP contribution >= 0.6 is 0 Å². The van der Waals surface area contributed by atoms with Gasteiger partial charge in [0.05, 0.1) is 25.1 Å². The first-order valence-electron chi connectivity index (χ1n) is 7.51. The van der Waals surface area contributed by atoms with E-state index in [0.717, 1.165) is 10.6 Å². The van der Waals surface area contributed by atoms with E-state index in [-0.39, 0.29) is 12.1 Å². The number of hydrogen-bond acceptors (Lipinski definition) is 4. The Morgan fingerprint density at radius 2 is 1.84 bits per heavy atom. The molecule has 0 aromatic heterocycles. The van der Waals surface area contributed by atoms with Crippen LogP contribution in [0.3, 0.4) is 0 Å². The molecule has 0 bridgehead atoms. The lowest BCUT2D eigenvalue weighted by molar-refractivity contribution is 0.1000. The van der Waals surface area contributed by atoms with Gasteiger partial charge in [-0.05, 0) is 49.4 Å². The maximum atomic E-state index is 13.1. The molecule has 8 heteroatoms. The van der Waals surface area contributed by atoms with Gasteiger partial charge in [-0.2, -0.15) is 0 Å². The molecule has 0 atom stereocenters. The normalized spacial score (nSPS) is 11.2. The topological polar surface area (TPSA) is 89.7 Å². The average molecular weight is 366 g/mol. The number of halogens is 1. The van der Waals surface area contributed by atoms with Crippen LogP contribution in [0, 0.1) is 5.82 Å². The quantitative estimate of drug-likeness (QED) is 0.814. The van der Waals surface area contributed by atoms with Crippen LogP contribution in [0.4, 0.5) is 10.1 Å². The number of primary amides is 1. The van der Waals surface area contributed by atoms with E-state index in [1.54, 1.807) is 13.0 Å². The van der Waals surface area contributed by atoms with Gasteiger partial charge in [-0.1, -0.05) is 0 Å². The molecule has 2 N–H and O–H groups in total. The summed E-state index contributed by atoms with van der Waals surface area (Å²) in [6, 6.07) is 9.68. The van der Waals surface area contributed by atoms with Gasteiger partial charge in [0.1, 0.15) is 11.6 Å². The molecule has 0 saturated carbocycles. The predicted molar refractivity (Wildman–Crippen MR) is 93.6 cm³/mol. The molecule has 0 heterocycles. The summed E-state index contributed by atoms with van der Waals surface area (Å²) in [5.74, 6) is -0.650. The van der Waals surface area contributed by atoms with Gasteiger partial charge in [0.15, 0.2) is 0 Å². The summed E-state index contributed by atoms with van der Waals surface area (Å²) >= 11 is 0. The van der Waals surface area contributed by atoms with E-state index in [0.29, 0.717) is 23.6 Å². The summed E-state index contributed by atoms with van der Waals surface area (Å²) in [7, 11) is -3.65. The molecule has 0 aliphatic rings. The second-order valence-electron chi connectivity index (χ2n) is 5.37. The van der Waals surface area contributed by atoms with Gasteiger partial charge < -0.3 is 10.5 Å². The molecule has 25 heavy (non-hydrogen) atoms. The predicted octanol–water partition coefficient (Wildman–Crippen LogP) is 2.29. The zero-order valence-electron chi connectivity index (χ0n) is 13.9. The molecule has 0 saturated heterocycles. The first kappa shape index (κ1) is 18.7. The van der Waals surface area contributed by atoms with Crippen LogP contribution in [0.2, 0.25) is 0 Å². The minimum Gasteiger partial charge on any atom is -0.494 e. The minimum absolute atomic E-state index is 0.0824.